The molecule has 4 N–H and O–H groups in total. The Morgan fingerprint density at radius 2 is 0.560 bits per heavy atom. The summed E-state index contributed by atoms with van der Waals surface area (Å²) in [7, 11) is 0. The fourth-order valence-electron chi connectivity index (χ4n) is 13.2. The molecular formula is C88H160N4O8. The standard InChI is InChI=1S/C88H160N4O8/c1-7-11-15-19-23-27-31-35-39-43-47-51-55-59-63-83(93)77-89(78-84(94)64-60-56-52-48-44-40-36-32-28-24-20-16-12-8-2)69-67-87(97)99-73-71-91-75-82(6)92(76-81(91)5)72-74-100-88(98)68-70-90(79-85(95)65-61-57-53-49-45-41-37-33-29-25-21-17-13-9-3)80-86(96)66-62-58-54-50-46-42-38-34-30-26-22-18-14-10-4/h23-30,35-42,81-86,93-96H,7-22,31-34,43-80H2,1-6H3/b27-23-,28-24-,29-25-,30-26-,39-35-,40-36-,41-37-,42-38-. The second kappa shape index (κ2) is 72.5. The number of carbonyl (C=O) groups is 2. The summed E-state index contributed by atoms with van der Waals surface area (Å²) in [4.78, 5) is 35.5. The maximum atomic E-state index is 13.3. The zero-order chi connectivity index (χ0) is 72.7. The van der Waals surface area contributed by atoms with Crippen LogP contribution >= 0.6 is 0 Å². The van der Waals surface area contributed by atoms with Gasteiger partial charge in [-0.3, -0.25) is 29.2 Å². The molecule has 0 bridgehead atoms. The average Bonchev–Trinajstić information content (AvgIpc) is 0.850. The van der Waals surface area contributed by atoms with E-state index in [1.54, 1.807) is 0 Å². The van der Waals surface area contributed by atoms with Crippen molar-refractivity contribution in [1.29, 1.82) is 0 Å². The molecule has 100 heavy (non-hydrogen) atoms. The Labute approximate surface area is 617 Å². The predicted molar refractivity (Wildman–Crippen MR) is 429 cm³/mol. The number of hydrogen-bond donors (Lipinski definition) is 4. The number of ether oxygens (including phenoxy) is 2. The normalized spacial score (nSPS) is 16.6. The molecule has 12 nitrogen and oxygen atoms in total. The van der Waals surface area contributed by atoms with Crippen LogP contribution in [0.2, 0.25) is 0 Å². The van der Waals surface area contributed by atoms with E-state index >= 15 is 0 Å². The molecule has 0 aromatic carbocycles. The average molecular weight is 1400 g/mol. The first-order chi connectivity index (χ1) is 48.9. The zero-order valence-corrected chi connectivity index (χ0v) is 65.9. The number of rotatable bonds is 72. The molecule has 0 amide bonds. The van der Waals surface area contributed by atoms with E-state index in [1.807, 2.05) is 0 Å². The Morgan fingerprint density at radius 3 is 0.790 bits per heavy atom. The summed E-state index contributed by atoms with van der Waals surface area (Å²) in [6.45, 7) is 19.4. The van der Waals surface area contributed by atoms with E-state index in [2.05, 4.69) is 158 Å². The van der Waals surface area contributed by atoms with Crippen molar-refractivity contribution >= 4 is 11.9 Å². The van der Waals surface area contributed by atoms with Crippen molar-refractivity contribution in [2.45, 2.75) is 373 Å². The number of piperazine rings is 1. The lowest BCUT2D eigenvalue weighted by atomic mass is 10.1. The van der Waals surface area contributed by atoms with Gasteiger partial charge in [-0.2, -0.15) is 0 Å². The lowest BCUT2D eigenvalue weighted by molar-refractivity contribution is -0.146. The van der Waals surface area contributed by atoms with Crippen LogP contribution in [-0.4, -0.2) is 167 Å². The quantitative estimate of drug-likeness (QED) is 0.0261. The number of unbranched alkanes of at least 4 members (excludes halogenated alkanes) is 28. The number of esters is 2. The lowest BCUT2D eigenvalue weighted by Crippen LogP contribution is -2.57. The number of hydrogen-bond acceptors (Lipinski definition) is 12. The van der Waals surface area contributed by atoms with Crippen molar-refractivity contribution in [1.82, 2.24) is 19.6 Å². The molecule has 580 valence electrons. The third kappa shape index (κ3) is 63.1. The maximum absolute atomic E-state index is 13.3. The third-order valence-electron chi connectivity index (χ3n) is 19.6. The molecular weight excluding hydrogens is 1240 g/mol. The molecule has 0 aliphatic carbocycles. The van der Waals surface area contributed by atoms with E-state index in [0.29, 0.717) is 91.3 Å². The molecule has 1 rings (SSSR count). The summed E-state index contributed by atoms with van der Waals surface area (Å²) < 4.78 is 11.7. The van der Waals surface area contributed by atoms with Crippen LogP contribution in [0.4, 0.5) is 0 Å². The Bertz CT molecular complexity index is 1810. The number of carbonyl (C=O) groups excluding carboxylic acids is 2. The van der Waals surface area contributed by atoms with E-state index in [4.69, 9.17) is 9.47 Å². The van der Waals surface area contributed by atoms with Gasteiger partial charge in [-0.1, -0.05) is 253 Å². The van der Waals surface area contributed by atoms with Crippen LogP contribution in [-0.2, 0) is 19.1 Å². The summed E-state index contributed by atoms with van der Waals surface area (Å²) in [5, 5.41) is 44.9. The minimum Gasteiger partial charge on any atom is -0.464 e. The van der Waals surface area contributed by atoms with Crippen molar-refractivity contribution in [3.05, 3.63) is 97.2 Å². The highest BCUT2D eigenvalue weighted by atomic mass is 16.5. The van der Waals surface area contributed by atoms with Gasteiger partial charge in [-0.05, 0) is 168 Å². The first-order valence-corrected chi connectivity index (χ1v) is 42.1. The predicted octanol–water partition coefficient (Wildman–Crippen LogP) is 21.0. The molecule has 1 aliphatic heterocycles. The van der Waals surface area contributed by atoms with Gasteiger partial charge in [0, 0.05) is 77.5 Å². The van der Waals surface area contributed by atoms with Gasteiger partial charge in [0.2, 0.25) is 0 Å². The molecule has 0 aromatic heterocycles. The van der Waals surface area contributed by atoms with Crippen molar-refractivity contribution in [3.8, 4) is 0 Å². The minimum atomic E-state index is -0.518. The van der Waals surface area contributed by atoms with Gasteiger partial charge in [0.25, 0.3) is 0 Å². The van der Waals surface area contributed by atoms with Crippen LogP contribution in [0.25, 0.3) is 0 Å². The molecule has 6 atom stereocenters. The lowest BCUT2D eigenvalue weighted by Gasteiger charge is -2.44. The topological polar surface area (TPSA) is 146 Å². The second-order valence-electron chi connectivity index (χ2n) is 29.4. The van der Waals surface area contributed by atoms with Gasteiger partial charge in [-0.15, -0.1) is 0 Å². The molecule has 12 heteroatoms. The minimum absolute atomic E-state index is 0.206. The molecule has 1 aliphatic rings. The number of aliphatic hydroxyl groups excluding tert-OH is 4. The highest BCUT2D eigenvalue weighted by molar-refractivity contribution is 5.69. The van der Waals surface area contributed by atoms with Gasteiger partial charge >= 0.3 is 11.9 Å². The fraction of sp³-hybridized carbons (Fsp3) is 0.795. The molecule has 6 unspecified atom stereocenters. The van der Waals surface area contributed by atoms with Crippen LogP contribution in [0, 0.1) is 0 Å². The van der Waals surface area contributed by atoms with Crippen molar-refractivity contribution < 1.29 is 39.5 Å². The van der Waals surface area contributed by atoms with Crippen LogP contribution in [0.5, 0.6) is 0 Å². The smallest absolute Gasteiger partial charge is 0.307 e. The van der Waals surface area contributed by atoms with Crippen molar-refractivity contribution in [2.24, 2.45) is 0 Å². The zero-order valence-electron chi connectivity index (χ0n) is 65.9. The van der Waals surface area contributed by atoms with Crippen molar-refractivity contribution in [3.63, 3.8) is 0 Å². The number of aliphatic hydroxyl groups is 4. The van der Waals surface area contributed by atoms with E-state index in [0.717, 1.165) is 167 Å². The maximum Gasteiger partial charge on any atom is 0.307 e. The number of nitrogens with zero attached hydrogens (tertiary/aromatic N) is 4. The van der Waals surface area contributed by atoms with Crippen LogP contribution in [0.1, 0.15) is 337 Å². The Balaban J connectivity index is 2.67. The van der Waals surface area contributed by atoms with E-state index < -0.39 is 24.4 Å². The molecule has 0 spiro atoms. The van der Waals surface area contributed by atoms with Gasteiger partial charge in [0.15, 0.2) is 0 Å². The summed E-state index contributed by atoms with van der Waals surface area (Å²) in [6.07, 6.45) is 83.8. The molecule has 0 saturated carbocycles. The number of allylic oxidation sites excluding steroid dienone is 16. The van der Waals surface area contributed by atoms with Gasteiger partial charge in [-0.25, -0.2) is 0 Å². The largest absolute Gasteiger partial charge is 0.464 e. The first-order valence-electron chi connectivity index (χ1n) is 42.1. The molecule has 1 fully saturated rings. The van der Waals surface area contributed by atoms with E-state index in [1.165, 1.54) is 103 Å². The van der Waals surface area contributed by atoms with Gasteiger partial charge in [0.05, 0.1) is 37.3 Å². The molecule has 1 saturated heterocycles. The van der Waals surface area contributed by atoms with Gasteiger partial charge < -0.3 is 29.9 Å². The SMILES string of the molecule is CCCCC/C=C\C/C=C\CCCCCCC(O)CN(CCC(=O)OCCN1CC(C)N(CCOC(=O)CCN(CC(O)CCCCCC/C=C\C/C=C\CCCCC)CC(O)CCCCCC/C=C\C/C=C\CCCCC)CC1C)CC(O)CCCCCC/C=C\C/C=C\CCCCC. The Kier molecular flexibility index (Phi) is 68.5. The summed E-state index contributed by atoms with van der Waals surface area (Å²) >= 11 is 0. The monoisotopic (exact) mass is 1400 g/mol. The van der Waals surface area contributed by atoms with Crippen LogP contribution in [0.15, 0.2) is 97.2 Å². The highest BCUT2D eigenvalue weighted by Gasteiger charge is 2.29. The third-order valence-corrected chi connectivity index (χ3v) is 19.6. The summed E-state index contributed by atoms with van der Waals surface area (Å²) in [5.74, 6) is -0.512. The van der Waals surface area contributed by atoms with Gasteiger partial charge in [0.1, 0.15) is 13.2 Å². The summed E-state index contributed by atoms with van der Waals surface area (Å²) in [5.41, 5.74) is 0. The van der Waals surface area contributed by atoms with Crippen LogP contribution in [0.3, 0.4) is 0 Å². The Morgan fingerprint density at radius 1 is 0.340 bits per heavy atom. The molecule has 1 heterocycles. The molecule has 0 aromatic rings. The molecule has 0 radical (unpaired) electrons. The van der Waals surface area contributed by atoms with Crippen LogP contribution < -0.4 is 0 Å². The van der Waals surface area contributed by atoms with E-state index in [9.17, 15) is 30.0 Å². The van der Waals surface area contributed by atoms with E-state index in [-0.39, 0.29) is 36.9 Å². The second-order valence-corrected chi connectivity index (χ2v) is 29.4. The first kappa shape index (κ1) is 94.6. The Hall–Kier alpha value is -3.46. The van der Waals surface area contributed by atoms with Crippen molar-refractivity contribution in [2.75, 3.05) is 78.7 Å². The highest BCUT2D eigenvalue weighted by Crippen LogP contribution is 2.19. The summed E-state index contributed by atoms with van der Waals surface area (Å²) in [6, 6.07) is 0.441. The fourth-order valence-corrected chi connectivity index (χ4v) is 13.2.